The highest BCUT2D eigenvalue weighted by atomic mass is 15.2. The van der Waals surface area contributed by atoms with Gasteiger partial charge in [0.15, 0.2) is 0 Å². The molecular weight excluding hydrogens is 224 g/mol. The lowest BCUT2D eigenvalue weighted by Gasteiger charge is -2.38. The summed E-state index contributed by atoms with van der Waals surface area (Å²) in [5, 5.41) is 3.70. The van der Waals surface area contributed by atoms with Crippen LogP contribution < -0.4 is 10.2 Å². The van der Waals surface area contributed by atoms with E-state index in [1.165, 1.54) is 25.7 Å². The van der Waals surface area contributed by atoms with Crippen LogP contribution >= 0.6 is 0 Å². The van der Waals surface area contributed by atoms with Gasteiger partial charge in [-0.1, -0.05) is 0 Å². The Kier molecular flexibility index (Phi) is 3.20. The van der Waals surface area contributed by atoms with Crippen LogP contribution in [0.2, 0.25) is 0 Å². The van der Waals surface area contributed by atoms with E-state index in [0.717, 1.165) is 30.1 Å². The van der Waals surface area contributed by atoms with Gasteiger partial charge in [0.25, 0.3) is 0 Å². The number of hydrogen-bond acceptors (Lipinski definition) is 4. The van der Waals surface area contributed by atoms with E-state index in [2.05, 4.69) is 33.2 Å². The van der Waals surface area contributed by atoms with Crippen LogP contribution in [-0.2, 0) is 0 Å². The third kappa shape index (κ3) is 2.21. The fourth-order valence-electron chi connectivity index (χ4n) is 3.49. The van der Waals surface area contributed by atoms with Crippen LogP contribution in [-0.4, -0.2) is 34.6 Å². The number of piperidine rings is 1. The van der Waals surface area contributed by atoms with E-state index in [0.29, 0.717) is 6.04 Å². The molecule has 0 spiro atoms. The first-order valence-electron chi connectivity index (χ1n) is 7.07. The molecule has 18 heavy (non-hydrogen) atoms. The average Bonchev–Trinajstić information content (AvgIpc) is 2.70. The topological polar surface area (TPSA) is 41.1 Å². The lowest BCUT2D eigenvalue weighted by molar-refractivity contribution is 0.348. The Labute approximate surface area is 109 Å². The van der Waals surface area contributed by atoms with Gasteiger partial charge in [-0.05, 0) is 39.5 Å². The highest BCUT2D eigenvalue weighted by molar-refractivity contribution is 5.40. The summed E-state index contributed by atoms with van der Waals surface area (Å²) in [4.78, 5) is 11.1. The van der Waals surface area contributed by atoms with Crippen LogP contribution in [0.4, 0.5) is 5.82 Å². The van der Waals surface area contributed by atoms with Gasteiger partial charge >= 0.3 is 0 Å². The zero-order chi connectivity index (χ0) is 12.5. The Balaban J connectivity index is 1.80. The van der Waals surface area contributed by atoms with E-state index in [-0.39, 0.29) is 0 Å². The molecule has 2 saturated heterocycles. The second-order valence-corrected chi connectivity index (χ2v) is 5.57. The largest absolute Gasteiger partial charge is 0.354 e. The molecule has 1 aromatic heterocycles. The van der Waals surface area contributed by atoms with Crippen molar-refractivity contribution in [2.45, 2.75) is 57.7 Å². The summed E-state index contributed by atoms with van der Waals surface area (Å²) >= 11 is 0. The first-order chi connectivity index (χ1) is 8.76. The quantitative estimate of drug-likeness (QED) is 0.884. The van der Waals surface area contributed by atoms with E-state index in [1.807, 2.05) is 6.92 Å². The lowest BCUT2D eigenvalue weighted by atomic mass is 9.98. The third-order valence-corrected chi connectivity index (χ3v) is 4.31. The molecule has 1 N–H and O–H groups in total. The molecule has 1 aromatic rings. The van der Waals surface area contributed by atoms with Crippen molar-refractivity contribution in [3.05, 3.63) is 18.1 Å². The van der Waals surface area contributed by atoms with Crippen molar-refractivity contribution >= 4 is 5.82 Å². The van der Waals surface area contributed by atoms with Crippen molar-refractivity contribution < 1.29 is 0 Å². The maximum atomic E-state index is 4.45. The molecule has 4 heteroatoms. The fraction of sp³-hybridized carbons (Fsp3) is 0.714. The van der Waals surface area contributed by atoms with Crippen molar-refractivity contribution in [2.75, 3.05) is 11.4 Å². The third-order valence-electron chi connectivity index (χ3n) is 4.31. The summed E-state index contributed by atoms with van der Waals surface area (Å²) in [5.74, 6) is 1.09. The molecule has 2 aliphatic rings. The summed E-state index contributed by atoms with van der Waals surface area (Å²) < 4.78 is 0. The molecule has 0 amide bonds. The number of rotatable bonds is 3. The molecule has 98 valence electrons. The minimum absolute atomic E-state index is 0.642. The summed E-state index contributed by atoms with van der Waals surface area (Å²) in [7, 11) is 0. The van der Waals surface area contributed by atoms with E-state index in [4.69, 9.17) is 0 Å². The number of aryl methyl sites for hydroxylation is 1. The maximum absolute atomic E-state index is 4.45. The molecule has 0 saturated carbocycles. The summed E-state index contributed by atoms with van der Waals surface area (Å²) in [6.07, 6.45) is 6.90. The summed E-state index contributed by atoms with van der Waals surface area (Å²) in [5.41, 5.74) is 1.05. The molecule has 2 atom stereocenters. The van der Waals surface area contributed by atoms with E-state index in [1.54, 1.807) is 6.33 Å². The number of anilines is 1. The zero-order valence-electron chi connectivity index (χ0n) is 11.3. The van der Waals surface area contributed by atoms with Gasteiger partial charge in [-0.15, -0.1) is 0 Å². The summed E-state index contributed by atoms with van der Waals surface area (Å²) in [6.45, 7) is 5.28. The van der Waals surface area contributed by atoms with E-state index < -0.39 is 0 Å². The minimum Gasteiger partial charge on any atom is -0.354 e. The van der Waals surface area contributed by atoms with Crippen molar-refractivity contribution in [2.24, 2.45) is 0 Å². The van der Waals surface area contributed by atoms with Crippen LogP contribution in [0.3, 0.4) is 0 Å². The molecule has 0 aromatic carbocycles. The van der Waals surface area contributed by atoms with Crippen molar-refractivity contribution in [1.29, 1.82) is 0 Å². The fourth-order valence-corrected chi connectivity index (χ4v) is 3.49. The van der Waals surface area contributed by atoms with Crippen LogP contribution in [0.1, 0.15) is 38.3 Å². The Morgan fingerprint density at radius 2 is 2.00 bits per heavy atom. The molecule has 2 bridgehead atoms. The minimum atomic E-state index is 0.642. The van der Waals surface area contributed by atoms with Gasteiger partial charge in [-0.25, -0.2) is 9.97 Å². The standard InChI is InChI=1S/C14H22N4/c1-3-18(14-6-10(2)15-9-16-14)13-7-11-4-5-12(8-13)17-11/h6,9,11-13,17H,3-5,7-8H2,1-2H3. The molecule has 2 fully saturated rings. The lowest BCUT2D eigenvalue weighted by Crippen LogP contribution is -2.48. The number of fused-ring (bicyclic) bond motifs is 2. The second kappa shape index (κ2) is 4.84. The first-order valence-corrected chi connectivity index (χ1v) is 7.07. The van der Waals surface area contributed by atoms with E-state index >= 15 is 0 Å². The normalized spacial score (nSPS) is 30.4. The molecule has 3 heterocycles. The van der Waals surface area contributed by atoms with Gasteiger partial charge in [0.2, 0.25) is 0 Å². The molecule has 0 radical (unpaired) electrons. The van der Waals surface area contributed by atoms with Gasteiger partial charge in [0.1, 0.15) is 12.1 Å². The smallest absolute Gasteiger partial charge is 0.132 e. The van der Waals surface area contributed by atoms with Crippen LogP contribution in [0.15, 0.2) is 12.4 Å². The first kappa shape index (κ1) is 11.9. The number of aromatic nitrogens is 2. The number of nitrogens with zero attached hydrogens (tertiary/aromatic N) is 3. The Bertz CT molecular complexity index is 408. The molecular formula is C14H22N4. The van der Waals surface area contributed by atoms with Gasteiger partial charge in [0, 0.05) is 36.4 Å². The monoisotopic (exact) mass is 246 g/mol. The van der Waals surface area contributed by atoms with Gasteiger partial charge in [0.05, 0.1) is 0 Å². The van der Waals surface area contributed by atoms with E-state index in [9.17, 15) is 0 Å². The number of nitrogens with one attached hydrogen (secondary N) is 1. The Hall–Kier alpha value is -1.16. The van der Waals surface area contributed by atoms with Gasteiger partial charge in [-0.2, -0.15) is 0 Å². The van der Waals surface area contributed by atoms with Crippen molar-refractivity contribution in [3.8, 4) is 0 Å². The SMILES string of the molecule is CCN(c1cc(C)ncn1)C1CC2CCC(C1)N2. The molecule has 4 nitrogen and oxygen atoms in total. The molecule has 2 aliphatic heterocycles. The Morgan fingerprint density at radius 1 is 1.28 bits per heavy atom. The molecule has 2 unspecified atom stereocenters. The zero-order valence-corrected chi connectivity index (χ0v) is 11.3. The predicted molar refractivity (Wildman–Crippen MR) is 72.8 cm³/mol. The van der Waals surface area contributed by atoms with Crippen LogP contribution in [0.5, 0.6) is 0 Å². The maximum Gasteiger partial charge on any atom is 0.132 e. The summed E-state index contributed by atoms with van der Waals surface area (Å²) in [6, 6.07) is 4.20. The van der Waals surface area contributed by atoms with Crippen molar-refractivity contribution in [1.82, 2.24) is 15.3 Å². The highest BCUT2D eigenvalue weighted by Gasteiger charge is 2.36. The van der Waals surface area contributed by atoms with Crippen molar-refractivity contribution in [3.63, 3.8) is 0 Å². The van der Waals surface area contributed by atoms with Crippen LogP contribution in [0.25, 0.3) is 0 Å². The Morgan fingerprint density at radius 3 is 2.61 bits per heavy atom. The average molecular weight is 246 g/mol. The highest BCUT2D eigenvalue weighted by Crippen LogP contribution is 2.31. The van der Waals surface area contributed by atoms with Crippen LogP contribution in [0, 0.1) is 6.92 Å². The van der Waals surface area contributed by atoms with Gasteiger partial charge < -0.3 is 10.2 Å². The predicted octanol–water partition coefficient (Wildman–Crippen LogP) is 1.89. The van der Waals surface area contributed by atoms with Gasteiger partial charge in [-0.3, -0.25) is 0 Å². The molecule has 0 aliphatic carbocycles. The second-order valence-electron chi connectivity index (χ2n) is 5.57. The number of hydrogen-bond donors (Lipinski definition) is 1. The molecule has 3 rings (SSSR count).